The Hall–Kier alpha value is -3.09. The zero-order valence-electron chi connectivity index (χ0n) is 15.8. The van der Waals surface area contributed by atoms with E-state index in [1.807, 2.05) is 6.92 Å². The van der Waals surface area contributed by atoms with Gasteiger partial charge < -0.3 is 19.3 Å². The van der Waals surface area contributed by atoms with E-state index in [1.54, 1.807) is 60.7 Å². The highest BCUT2D eigenvalue weighted by atomic mass is 16.5. The van der Waals surface area contributed by atoms with E-state index in [4.69, 9.17) is 9.47 Å². The molecular weight excluding hydrogens is 346 g/mol. The minimum absolute atomic E-state index is 0.0395. The van der Waals surface area contributed by atoms with Crippen LogP contribution in [0, 0.1) is 6.92 Å². The summed E-state index contributed by atoms with van der Waals surface area (Å²) < 4.78 is 10.7. The third-order valence-electron chi connectivity index (χ3n) is 4.79. The van der Waals surface area contributed by atoms with Gasteiger partial charge in [-0.15, -0.1) is 0 Å². The van der Waals surface area contributed by atoms with Crippen molar-refractivity contribution in [2.45, 2.75) is 6.92 Å². The van der Waals surface area contributed by atoms with Crippen molar-refractivity contribution in [3.8, 4) is 11.5 Å². The van der Waals surface area contributed by atoms with E-state index < -0.39 is 0 Å². The van der Waals surface area contributed by atoms with Gasteiger partial charge in [0.2, 0.25) is 0 Å². The second kappa shape index (κ2) is 8.07. The van der Waals surface area contributed by atoms with Gasteiger partial charge in [0.1, 0.15) is 11.5 Å². The number of carbonyl (C=O) groups is 2. The Morgan fingerprint density at radius 2 is 1.48 bits per heavy atom. The smallest absolute Gasteiger partial charge is 0.257 e. The first-order valence-corrected chi connectivity index (χ1v) is 8.77. The fourth-order valence-corrected chi connectivity index (χ4v) is 3.29. The predicted molar refractivity (Wildman–Crippen MR) is 100 cm³/mol. The summed E-state index contributed by atoms with van der Waals surface area (Å²) in [6, 6.07) is 6.89. The molecule has 1 aromatic carbocycles. The largest absolute Gasteiger partial charge is 0.496 e. The second-order valence-electron chi connectivity index (χ2n) is 6.29. The lowest BCUT2D eigenvalue weighted by molar-refractivity contribution is 0.0533. The molecule has 0 spiro atoms. The average Bonchev–Trinajstić information content (AvgIpc) is 2.73. The zero-order valence-corrected chi connectivity index (χ0v) is 15.8. The molecule has 0 aliphatic carbocycles. The van der Waals surface area contributed by atoms with Crippen molar-refractivity contribution in [2.75, 3.05) is 40.4 Å². The second-order valence-corrected chi connectivity index (χ2v) is 6.29. The Bertz CT molecular complexity index is 831. The number of nitrogens with zero attached hydrogens (tertiary/aromatic N) is 3. The lowest BCUT2D eigenvalue weighted by Crippen LogP contribution is -2.50. The Morgan fingerprint density at radius 3 is 2.04 bits per heavy atom. The number of hydrogen-bond acceptors (Lipinski definition) is 5. The lowest BCUT2D eigenvalue weighted by Gasteiger charge is -2.35. The van der Waals surface area contributed by atoms with E-state index in [2.05, 4.69) is 4.98 Å². The van der Waals surface area contributed by atoms with Crippen LogP contribution < -0.4 is 9.47 Å². The molecule has 0 saturated carbocycles. The molecule has 0 radical (unpaired) electrons. The quantitative estimate of drug-likeness (QED) is 0.824. The predicted octanol–water partition coefficient (Wildman–Crippen LogP) is 2.01. The monoisotopic (exact) mass is 369 g/mol. The van der Waals surface area contributed by atoms with Crippen LogP contribution in [0.25, 0.3) is 0 Å². The molecule has 0 N–H and O–H groups in total. The van der Waals surface area contributed by atoms with Crippen LogP contribution >= 0.6 is 0 Å². The van der Waals surface area contributed by atoms with E-state index in [1.165, 1.54) is 0 Å². The number of benzene rings is 1. The maximum Gasteiger partial charge on any atom is 0.257 e. The summed E-state index contributed by atoms with van der Waals surface area (Å²) in [4.78, 5) is 32.9. The van der Waals surface area contributed by atoms with Crippen molar-refractivity contribution in [1.82, 2.24) is 14.8 Å². The fraction of sp³-hybridized carbons (Fsp3) is 0.350. The molecule has 1 aromatic heterocycles. The lowest BCUT2D eigenvalue weighted by atomic mass is 10.1. The number of ether oxygens (including phenoxy) is 2. The number of aromatic nitrogens is 1. The molecular formula is C20H23N3O4. The first-order valence-electron chi connectivity index (χ1n) is 8.77. The molecule has 0 bridgehead atoms. The standard InChI is InChI=1S/C20H23N3O4/c1-14-17(26-2)5-4-16(18(14)27-3)20(25)23-12-10-22(11-13-23)19(24)15-6-8-21-9-7-15/h4-9H,10-13H2,1-3H3. The number of pyridine rings is 1. The van der Waals surface area contributed by atoms with E-state index in [9.17, 15) is 9.59 Å². The van der Waals surface area contributed by atoms with Crippen LogP contribution in [0.3, 0.4) is 0 Å². The summed E-state index contributed by atoms with van der Waals surface area (Å²) >= 11 is 0. The number of rotatable bonds is 4. The first-order chi connectivity index (χ1) is 13.1. The van der Waals surface area contributed by atoms with Crippen molar-refractivity contribution >= 4 is 11.8 Å². The number of carbonyl (C=O) groups excluding carboxylic acids is 2. The van der Waals surface area contributed by atoms with Crippen LogP contribution in [-0.4, -0.2) is 67.0 Å². The number of hydrogen-bond donors (Lipinski definition) is 0. The maximum atomic E-state index is 13.0. The van der Waals surface area contributed by atoms with E-state index in [-0.39, 0.29) is 11.8 Å². The van der Waals surface area contributed by atoms with Gasteiger partial charge in [0.05, 0.1) is 19.8 Å². The van der Waals surface area contributed by atoms with Crippen LogP contribution in [0.5, 0.6) is 11.5 Å². The average molecular weight is 369 g/mol. The van der Waals surface area contributed by atoms with Crippen LogP contribution in [0.15, 0.2) is 36.7 Å². The summed E-state index contributed by atoms with van der Waals surface area (Å²) in [5.41, 5.74) is 1.90. The molecule has 27 heavy (non-hydrogen) atoms. The Balaban J connectivity index is 1.70. The molecule has 7 nitrogen and oxygen atoms in total. The van der Waals surface area contributed by atoms with Gasteiger partial charge in [-0.2, -0.15) is 0 Å². The van der Waals surface area contributed by atoms with Crippen molar-refractivity contribution in [3.63, 3.8) is 0 Å². The van der Waals surface area contributed by atoms with Crippen LogP contribution in [0.2, 0.25) is 0 Å². The molecule has 2 heterocycles. The Morgan fingerprint density at radius 1 is 0.889 bits per heavy atom. The molecule has 0 unspecified atom stereocenters. The molecule has 1 saturated heterocycles. The van der Waals surface area contributed by atoms with E-state index in [0.717, 1.165) is 5.56 Å². The van der Waals surface area contributed by atoms with Crippen LogP contribution in [0.4, 0.5) is 0 Å². The highest BCUT2D eigenvalue weighted by Gasteiger charge is 2.27. The molecule has 0 atom stereocenters. The number of methoxy groups -OCH3 is 2. The maximum absolute atomic E-state index is 13.0. The fourth-order valence-electron chi connectivity index (χ4n) is 3.29. The first kappa shape index (κ1) is 18.7. The summed E-state index contributed by atoms with van der Waals surface area (Å²) in [5, 5.41) is 0. The molecule has 1 fully saturated rings. The van der Waals surface area contributed by atoms with Gasteiger partial charge in [-0.1, -0.05) is 0 Å². The van der Waals surface area contributed by atoms with Gasteiger partial charge in [0, 0.05) is 49.7 Å². The molecule has 2 aromatic rings. The van der Waals surface area contributed by atoms with Gasteiger partial charge in [-0.3, -0.25) is 14.6 Å². The van der Waals surface area contributed by atoms with Gasteiger partial charge >= 0.3 is 0 Å². The highest BCUT2D eigenvalue weighted by Crippen LogP contribution is 2.32. The third kappa shape index (κ3) is 3.72. The van der Waals surface area contributed by atoms with Gasteiger partial charge in [0.25, 0.3) is 11.8 Å². The number of piperazine rings is 1. The van der Waals surface area contributed by atoms with E-state index in [0.29, 0.717) is 48.8 Å². The van der Waals surface area contributed by atoms with E-state index >= 15 is 0 Å². The molecule has 1 aliphatic rings. The Kier molecular flexibility index (Phi) is 5.59. The Labute approximate surface area is 158 Å². The zero-order chi connectivity index (χ0) is 19.4. The van der Waals surface area contributed by atoms with Crippen LogP contribution in [-0.2, 0) is 0 Å². The van der Waals surface area contributed by atoms with Crippen molar-refractivity contribution < 1.29 is 19.1 Å². The van der Waals surface area contributed by atoms with Crippen molar-refractivity contribution in [3.05, 3.63) is 53.3 Å². The normalized spacial score (nSPS) is 14.0. The molecule has 1 aliphatic heterocycles. The van der Waals surface area contributed by atoms with Gasteiger partial charge in [-0.25, -0.2) is 0 Å². The highest BCUT2D eigenvalue weighted by molar-refractivity contribution is 5.98. The number of amides is 2. The van der Waals surface area contributed by atoms with Crippen molar-refractivity contribution in [2.24, 2.45) is 0 Å². The van der Waals surface area contributed by atoms with Gasteiger partial charge in [-0.05, 0) is 31.2 Å². The minimum atomic E-state index is -0.103. The molecule has 3 rings (SSSR count). The molecule has 142 valence electrons. The summed E-state index contributed by atoms with van der Waals surface area (Å²) in [6.45, 7) is 3.79. The molecule has 7 heteroatoms. The van der Waals surface area contributed by atoms with Crippen LogP contribution in [0.1, 0.15) is 26.3 Å². The third-order valence-corrected chi connectivity index (χ3v) is 4.79. The molecule has 2 amide bonds. The topological polar surface area (TPSA) is 72.0 Å². The SMILES string of the molecule is COc1ccc(C(=O)N2CCN(C(=O)c3ccncc3)CC2)c(OC)c1C. The van der Waals surface area contributed by atoms with Crippen molar-refractivity contribution in [1.29, 1.82) is 0 Å². The summed E-state index contributed by atoms with van der Waals surface area (Å²) in [5.74, 6) is 1.06. The van der Waals surface area contributed by atoms with Gasteiger partial charge in [0.15, 0.2) is 0 Å². The summed E-state index contributed by atoms with van der Waals surface area (Å²) in [7, 11) is 3.13. The summed E-state index contributed by atoms with van der Waals surface area (Å²) in [6.07, 6.45) is 3.20. The minimum Gasteiger partial charge on any atom is -0.496 e.